The molecular formula is C23H36N6O. The van der Waals surface area contributed by atoms with E-state index in [1.807, 2.05) is 50.0 Å². The van der Waals surface area contributed by atoms with Crippen molar-refractivity contribution in [3.8, 4) is 0 Å². The summed E-state index contributed by atoms with van der Waals surface area (Å²) in [5, 5.41) is 11.0. The summed E-state index contributed by atoms with van der Waals surface area (Å²) in [4.78, 5) is 18.7. The molecule has 0 aliphatic carbocycles. The molecule has 164 valence electrons. The van der Waals surface area contributed by atoms with Gasteiger partial charge < -0.3 is 15.5 Å². The Bertz CT molecular complexity index is 853. The molecule has 2 aromatic rings. The van der Waals surface area contributed by atoms with Gasteiger partial charge in [-0.15, -0.1) is 0 Å². The van der Waals surface area contributed by atoms with Gasteiger partial charge in [0.2, 0.25) is 0 Å². The van der Waals surface area contributed by atoms with Gasteiger partial charge in [0.1, 0.15) is 0 Å². The van der Waals surface area contributed by atoms with Crippen LogP contribution in [0.1, 0.15) is 67.2 Å². The largest absolute Gasteiger partial charge is 0.352 e. The van der Waals surface area contributed by atoms with Gasteiger partial charge in [0, 0.05) is 57.6 Å². The van der Waals surface area contributed by atoms with Crippen molar-refractivity contribution < 1.29 is 4.79 Å². The highest BCUT2D eigenvalue weighted by molar-refractivity contribution is 5.94. The van der Waals surface area contributed by atoms with Crippen molar-refractivity contribution >= 4 is 11.9 Å². The molecule has 0 radical (unpaired) electrons. The van der Waals surface area contributed by atoms with E-state index < -0.39 is 0 Å². The number of aryl methyl sites for hydroxylation is 1. The van der Waals surface area contributed by atoms with Crippen molar-refractivity contribution in [2.45, 2.75) is 59.2 Å². The summed E-state index contributed by atoms with van der Waals surface area (Å²) in [6.07, 6.45) is 2.99. The van der Waals surface area contributed by atoms with Crippen LogP contribution < -0.4 is 10.6 Å². The zero-order valence-electron chi connectivity index (χ0n) is 19.4. The maximum absolute atomic E-state index is 12.2. The lowest BCUT2D eigenvalue weighted by Crippen LogP contribution is -2.38. The normalized spacial score (nSPS) is 12.7. The molecule has 0 bridgehead atoms. The number of nitrogens with one attached hydrogen (secondary N) is 2. The average molecular weight is 413 g/mol. The zero-order valence-corrected chi connectivity index (χ0v) is 19.4. The summed E-state index contributed by atoms with van der Waals surface area (Å²) in [7, 11) is 5.76. The molecule has 1 aromatic carbocycles. The minimum absolute atomic E-state index is 0.0307. The molecule has 0 aliphatic heterocycles. The number of guanidine groups is 1. The Labute approximate surface area is 180 Å². The van der Waals surface area contributed by atoms with E-state index in [0.717, 1.165) is 30.2 Å². The lowest BCUT2D eigenvalue weighted by Gasteiger charge is -2.22. The first-order valence-corrected chi connectivity index (χ1v) is 10.6. The summed E-state index contributed by atoms with van der Waals surface area (Å²) in [6, 6.07) is 7.86. The Balaban J connectivity index is 1.96. The van der Waals surface area contributed by atoms with Gasteiger partial charge in [0.25, 0.3) is 5.91 Å². The molecule has 7 heteroatoms. The van der Waals surface area contributed by atoms with Crippen molar-refractivity contribution in [3.05, 3.63) is 52.8 Å². The quantitative estimate of drug-likeness (QED) is 0.515. The summed E-state index contributed by atoms with van der Waals surface area (Å²) in [6.45, 7) is 9.75. The number of benzene rings is 1. The molecule has 1 aromatic heterocycles. The van der Waals surface area contributed by atoms with Crippen LogP contribution in [-0.2, 0) is 20.1 Å². The first kappa shape index (κ1) is 23.4. The predicted octanol–water partition coefficient (Wildman–Crippen LogP) is 3.28. The Kier molecular flexibility index (Phi) is 8.45. The molecule has 2 rings (SSSR count). The van der Waals surface area contributed by atoms with Crippen LogP contribution in [0.3, 0.4) is 0 Å². The fourth-order valence-corrected chi connectivity index (χ4v) is 3.24. The summed E-state index contributed by atoms with van der Waals surface area (Å²) in [5.41, 5.74) is 4.09. The van der Waals surface area contributed by atoms with Crippen LogP contribution in [0.25, 0.3) is 0 Å². The summed E-state index contributed by atoms with van der Waals surface area (Å²) >= 11 is 0. The Morgan fingerprint density at radius 2 is 1.90 bits per heavy atom. The first-order chi connectivity index (χ1) is 14.2. The molecule has 1 heterocycles. The van der Waals surface area contributed by atoms with Crippen LogP contribution in [0.4, 0.5) is 0 Å². The van der Waals surface area contributed by atoms with E-state index in [2.05, 4.69) is 52.6 Å². The Morgan fingerprint density at radius 3 is 2.47 bits per heavy atom. The third kappa shape index (κ3) is 6.34. The highest BCUT2D eigenvalue weighted by Gasteiger charge is 2.15. The van der Waals surface area contributed by atoms with E-state index in [1.54, 1.807) is 7.05 Å². The van der Waals surface area contributed by atoms with E-state index in [-0.39, 0.29) is 11.9 Å². The maximum Gasteiger partial charge on any atom is 0.251 e. The molecule has 0 fully saturated rings. The summed E-state index contributed by atoms with van der Waals surface area (Å²) < 4.78 is 1.87. The monoisotopic (exact) mass is 412 g/mol. The van der Waals surface area contributed by atoms with Gasteiger partial charge >= 0.3 is 0 Å². The highest BCUT2D eigenvalue weighted by Crippen LogP contribution is 2.18. The van der Waals surface area contributed by atoms with Crippen molar-refractivity contribution in [3.63, 3.8) is 0 Å². The molecule has 30 heavy (non-hydrogen) atoms. The Hall–Kier alpha value is -2.83. The van der Waals surface area contributed by atoms with Crippen LogP contribution >= 0.6 is 0 Å². The highest BCUT2D eigenvalue weighted by atomic mass is 16.1. The van der Waals surface area contributed by atoms with Crippen molar-refractivity contribution in [1.29, 1.82) is 0 Å². The van der Waals surface area contributed by atoms with E-state index in [1.165, 1.54) is 5.56 Å². The molecule has 0 spiro atoms. The van der Waals surface area contributed by atoms with E-state index in [4.69, 9.17) is 0 Å². The molecule has 0 saturated heterocycles. The second-order valence-corrected chi connectivity index (χ2v) is 8.10. The van der Waals surface area contributed by atoms with Gasteiger partial charge in [-0.25, -0.2) is 0 Å². The van der Waals surface area contributed by atoms with Gasteiger partial charge in [-0.2, -0.15) is 5.10 Å². The second kappa shape index (κ2) is 10.8. The number of nitrogens with zero attached hydrogens (tertiary/aromatic N) is 4. The molecular weight excluding hydrogens is 376 g/mol. The van der Waals surface area contributed by atoms with Crippen LogP contribution in [0.2, 0.25) is 0 Å². The number of carbonyl (C=O) groups is 1. The molecule has 0 aliphatic rings. The topological polar surface area (TPSA) is 74.6 Å². The van der Waals surface area contributed by atoms with Gasteiger partial charge in [-0.05, 0) is 37.0 Å². The lowest BCUT2D eigenvalue weighted by atomic mass is 10.1. The minimum Gasteiger partial charge on any atom is -0.352 e. The molecule has 1 amide bonds. The standard InChI is InChI=1S/C23H36N6O/c1-8-17(4)26-22(30)19-11-9-18(10-12-19)13-25-23(24-5)28(6)14-20-15-29(7)27-21(20)16(2)3/h9-12,15-17H,8,13-14H2,1-7H3,(H,24,25)(H,26,30). The predicted molar refractivity (Wildman–Crippen MR) is 123 cm³/mol. The van der Waals surface area contributed by atoms with Crippen molar-refractivity contribution in [2.75, 3.05) is 14.1 Å². The van der Waals surface area contributed by atoms with Crippen LogP contribution in [0.5, 0.6) is 0 Å². The Morgan fingerprint density at radius 1 is 1.23 bits per heavy atom. The smallest absolute Gasteiger partial charge is 0.251 e. The molecule has 1 unspecified atom stereocenters. The summed E-state index contributed by atoms with van der Waals surface area (Å²) in [5.74, 6) is 1.16. The second-order valence-electron chi connectivity index (χ2n) is 8.10. The minimum atomic E-state index is -0.0307. The molecule has 1 atom stereocenters. The van der Waals surface area contributed by atoms with Crippen molar-refractivity contribution in [1.82, 2.24) is 25.3 Å². The number of aliphatic imine (C=N–C) groups is 1. The fourth-order valence-electron chi connectivity index (χ4n) is 3.24. The van der Waals surface area contributed by atoms with Crippen LogP contribution in [0.15, 0.2) is 35.5 Å². The number of hydrogen-bond donors (Lipinski definition) is 2. The number of hydrogen-bond acceptors (Lipinski definition) is 3. The number of amides is 1. The van der Waals surface area contributed by atoms with Gasteiger partial charge in [-0.1, -0.05) is 32.9 Å². The lowest BCUT2D eigenvalue weighted by molar-refractivity contribution is 0.0939. The van der Waals surface area contributed by atoms with E-state index in [9.17, 15) is 4.79 Å². The van der Waals surface area contributed by atoms with E-state index in [0.29, 0.717) is 18.0 Å². The van der Waals surface area contributed by atoms with Crippen LogP contribution in [-0.4, -0.2) is 46.7 Å². The third-order valence-corrected chi connectivity index (χ3v) is 5.12. The third-order valence-electron chi connectivity index (χ3n) is 5.12. The van der Waals surface area contributed by atoms with Gasteiger partial charge in [0.05, 0.1) is 5.69 Å². The van der Waals surface area contributed by atoms with E-state index >= 15 is 0 Å². The van der Waals surface area contributed by atoms with Crippen LogP contribution in [0, 0.1) is 0 Å². The number of rotatable bonds is 8. The van der Waals surface area contributed by atoms with Gasteiger partial charge in [0.15, 0.2) is 5.96 Å². The molecule has 7 nitrogen and oxygen atoms in total. The number of aromatic nitrogens is 2. The first-order valence-electron chi connectivity index (χ1n) is 10.6. The average Bonchev–Trinajstić information content (AvgIpc) is 3.09. The zero-order chi connectivity index (χ0) is 22.3. The van der Waals surface area contributed by atoms with Crippen molar-refractivity contribution in [2.24, 2.45) is 12.0 Å². The SMILES string of the molecule is CCC(C)NC(=O)c1ccc(CNC(=NC)N(C)Cc2cn(C)nc2C(C)C)cc1. The molecule has 2 N–H and O–H groups in total. The maximum atomic E-state index is 12.2. The molecule has 0 saturated carbocycles. The number of carbonyl (C=O) groups excluding carboxylic acids is 1. The van der Waals surface area contributed by atoms with Gasteiger partial charge in [-0.3, -0.25) is 14.5 Å². The fraction of sp³-hybridized carbons (Fsp3) is 0.522.